The lowest BCUT2D eigenvalue weighted by Crippen LogP contribution is -2.51. The summed E-state index contributed by atoms with van der Waals surface area (Å²) in [4.78, 5) is 0. The third-order valence-electron chi connectivity index (χ3n) is 4.78. The van der Waals surface area contributed by atoms with E-state index in [1.807, 2.05) is 0 Å². The second-order valence-electron chi connectivity index (χ2n) is 6.46. The second kappa shape index (κ2) is 7.05. The summed E-state index contributed by atoms with van der Waals surface area (Å²) in [6.45, 7) is 1.47. The van der Waals surface area contributed by atoms with Crippen LogP contribution in [0.3, 0.4) is 0 Å². The molecule has 2 aliphatic rings. The molecule has 2 saturated carbocycles. The zero-order valence-electron chi connectivity index (χ0n) is 12.7. The summed E-state index contributed by atoms with van der Waals surface area (Å²) in [6, 6.07) is 0. The Kier molecular flexibility index (Phi) is 5.67. The zero-order valence-corrected chi connectivity index (χ0v) is 12.7. The van der Waals surface area contributed by atoms with Crippen LogP contribution < -0.4 is 0 Å². The molecule has 0 amide bonds. The molecule has 0 aromatic rings. The van der Waals surface area contributed by atoms with E-state index in [4.69, 9.17) is 14.2 Å². The van der Waals surface area contributed by atoms with Gasteiger partial charge in [0.2, 0.25) is 0 Å². The Labute approximate surface area is 118 Å². The molecule has 0 atom stereocenters. The highest BCUT2D eigenvalue weighted by Gasteiger charge is 2.43. The maximum Gasteiger partial charge on any atom is 0.0923 e. The Morgan fingerprint density at radius 2 is 1.00 bits per heavy atom. The van der Waals surface area contributed by atoms with Gasteiger partial charge in [0.25, 0.3) is 0 Å². The number of ether oxygens (including phenoxy) is 3. The topological polar surface area (TPSA) is 27.7 Å². The van der Waals surface area contributed by atoms with Crippen molar-refractivity contribution in [2.75, 3.05) is 27.4 Å². The Bertz CT molecular complexity index is 216. The molecule has 0 saturated heterocycles. The average molecular weight is 270 g/mol. The summed E-state index contributed by atoms with van der Waals surface area (Å²) in [5.74, 6) is 0. The fraction of sp³-hybridized carbons (Fsp3) is 1.00. The van der Waals surface area contributed by atoms with Crippen molar-refractivity contribution < 1.29 is 14.2 Å². The van der Waals surface area contributed by atoms with Gasteiger partial charge in [-0.3, -0.25) is 0 Å². The maximum atomic E-state index is 6.74. The van der Waals surface area contributed by atoms with Gasteiger partial charge >= 0.3 is 0 Å². The van der Waals surface area contributed by atoms with E-state index in [0.717, 1.165) is 38.9 Å². The summed E-state index contributed by atoms with van der Waals surface area (Å²) in [6.07, 6.45) is 12.3. The van der Waals surface area contributed by atoms with E-state index in [2.05, 4.69) is 0 Å². The predicted octanol–water partition coefficient (Wildman–Crippen LogP) is 3.70. The highest BCUT2D eigenvalue weighted by Crippen LogP contribution is 2.41. The van der Waals surface area contributed by atoms with Gasteiger partial charge in [0.15, 0.2) is 0 Å². The molecular weight excluding hydrogens is 240 g/mol. The van der Waals surface area contributed by atoms with E-state index in [0.29, 0.717) is 0 Å². The molecule has 2 rings (SSSR count). The quantitative estimate of drug-likeness (QED) is 0.736. The molecule has 0 heterocycles. The summed E-state index contributed by atoms with van der Waals surface area (Å²) < 4.78 is 17.7. The molecule has 0 spiro atoms. The van der Waals surface area contributed by atoms with Crippen molar-refractivity contribution in [3.05, 3.63) is 0 Å². The van der Waals surface area contributed by atoms with Gasteiger partial charge in [-0.25, -0.2) is 0 Å². The molecule has 0 aliphatic heterocycles. The second-order valence-corrected chi connectivity index (χ2v) is 6.46. The molecular formula is C16H30O3. The van der Waals surface area contributed by atoms with Gasteiger partial charge in [0, 0.05) is 14.2 Å². The van der Waals surface area contributed by atoms with Crippen molar-refractivity contribution in [1.82, 2.24) is 0 Å². The Morgan fingerprint density at radius 1 is 0.632 bits per heavy atom. The molecule has 0 radical (unpaired) electrons. The van der Waals surface area contributed by atoms with Crippen molar-refractivity contribution in [3.8, 4) is 0 Å². The minimum absolute atomic E-state index is 0.0527. The molecule has 3 nitrogen and oxygen atoms in total. The number of rotatable bonds is 6. The standard InChI is InChI=1S/C16H30O3/c1-17-13-15(9-5-3-6-10-15)19-16(14-18-2)11-7-4-8-12-16/h3-14H2,1-2H3. The molecule has 2 aliphatic carbocycles. The van der Waals surface area contributed by atoms with Crippen LogP contribution in [0.15, 0.2) is 0 Å². The molecule has 0 bridgehead atoms. The molecule has 0 unspecified atom stereocenters. The first-order chi connectivity index (χ1) is 9.24. The van der Waals surface area contributed by atoms with Crippen molar-refractivity contribution in [2.24, 2.45) is 0 Å². The van der Waals surface area contributed by atoms with Crippen molar-refractivity contribution in [1.29, 1.82) is 0 Å². The SMILES string of the molecule is COCC1(OC2(COC)CCCCC2)CCCCC1. The van der Waals surface area contributed by atoms with E-state index in [1.165, 1.54) is 38.5 Å². The first-order valence-electron chi connectivity index (χ1n) is 7.92. The van der Waals surface area contributed by atoms with Crippen LogP contribution >= 0.6 is 0 Å². The van der Waals surface area contributed by atoms with Gasteiger partial charge in [0.1, 0.15) is 0 Å². The van der Waals surface area contributed by atoms with Gasteiger partial charge < -0.3 is 14.2 Å². The highest BCUT2D eigenvalue weighted by atomic mass is 16.6. The van der Waals surface area contributed by atoms with Crippen LogP contribution in [0.4, 0.5) is 0 Å². The number of hydrogen-bond acceptors (Lipinski definition) is 3. The largest absolute Gasteiger partial charge is 0.382 e. The van der Waals surface area contributed by atoms with Gasteiger partial charge in [-0.1, -0.05) is 38.5 Å². The maximum absolute atomic E-state index is 6.74. The van der Waals surface area contributed by atoms with Crippen molar-refractivity contribution in [3.63, 3.8) is 0 Å². The minimum Gasteiger partial charge on any atom is -0.382 e. The Hall–Kier alpha value is -0.120. The molecule has 3 heteroatoms. The van der Waals surface area contributed by atoms with Gasteiger partial charge in [-0.15, -0.1) is 0 Å². The molecule has 0 aromatic carbocycles. The summed E-state index contributed by atoms with van der Waals surface area (Å²) in [5, 5.41) is 0. The zero-order chi connectivity index (χ0) is 13.6. The molecule has 0 N–H and O–H groups in total. The monoisotopic (exact) mass is 270 g/mol. The molecule has 0 aromatic heterocycles. The van der Waals surface area contributed by atoms with Crippen molar-refractivity contribution in [2.45, 2.75) is 75.4 Å². The van der Waals surface area contributed by atoms with Crippen LogP contribution in [0.2, 0.25) is 0 Å². The van der Waals surface area contributed by atoms with E-state index in [-0.39, 0.29) is 11.2 Å². The first-order valence-corrected chi connectivity index (χ1v) is 7.92. The summed E-state index contributed by atoms with van der Waals surface area (Å²) >= 11 is 0. The number of methoxy groups -OCH3 is 2. The molecule has 112 valence electrons. The van der Waals surface area contributed by atoms with Gasteiger partial charge in [-0.2, -0.15) is 0 Å². The van der Waals surface area contributed by atoms with Crippen LogP contribution in [0.25, 0.3) is 0 Å². The van der Waals surface area contributed by atoms with E-state index in [9.17, 15) is 0 Å². The minimum atomic E-state index is -0.0527. The van der Waals surface area contributed by atoms with Crippen LogP contribution in [0.1, 0.15) is 64.2 Å². The van der Waals surface area contributed by atoms with Crippen LogP contribution in [0, 0.1) is 0 Å². The van der Waals surface area contributed by atoms with E-state index in [1.54, 1.807) is 14.2 Å². The van der Waals surface area contributed by atoms with Crippen LogP contribution in [-0.4, -0.2) is 38.6 Å². The normalized spacial score (nSPS) is 26.2. The lowest BCUT2D eigenvalue weighted by Gasteiger charge is -2.47. The van der Waals surface area contributed by atoms with Gasteiger partial charge in [0.05, 0.1) is 24.4 Å². The smallest absolute Gasteiger partial charge is 0.0923 e. The summed E-state index contributed by atoms with van der Waals surface area (Å²) in [7, 11) is 3.59. The average Bonchev–Trinajstić information content (AvgIpc) is 2.41. The molecule has 19 heavy (non-hydrogen) atoms. The lowest BCUT2D eigenvalue weighted by atomic mass is 9.81. The third-order valence-corrected chi connectivity index (χ3v) is 4.78. The van der Waals surface area contributed by atoms with Crippen LogP contribution in [0.5, 0.6) is 0 Å². The van der Waals surface area contributed by atoms with E-state index >= 15 is 0 Å². The Balaban J connectivity index is 2.07. The fourth-order valence-corrected chi connectivity index (χ4v) is 3.93. The van der Waals surface area contributed by atoms with E-state index < -0.39 is 0 Å². The highest BCUT2D eigenvalue weighted by molar-refractivity contribution is 4.93. The lowest BCUT2D eigenvalue weighted by molar-refractivity contribution is -0.218. The predicted molar refractivity (Wildman–Crippen MR) is 76.5 cm³/mol. The Morgan fingerprint density at radius 3 is 1.32 bits per heavy atom. The van der Waals surface area contributed by atoms with Crippen LogP contribution in [-0.2, 0) is 14.2 Å². The third kappa shape index (κ3) is 3.93. The molecule has 2 fully saturated rings. The number of hydrogen-bond donors (Lipinski definition) is 0. The fourth-order valence-electron chi connectivity index (χ4n) is 3.93. The van der Waals surface area contributed by atoms with Crippen molar-refractivity contribution >= 4 is 0 Å². The summed E-state index contributed by atoms with van der Waals surface area (Å²) in [5.41, 5.74) is -0.105. The first kappa shape index (κ1) is 15.3. The van der Waals surface area contributed by atoms with Gasteiger partial charge in [-0.05, 0) is 25.7 Å².